The Bertz CT molecular complexity index is 629. The summed E-state index contributed by atoms with van der Waals surface area (Å²) in [5.74, 6) is 2.75. The van der Waals surface area contributed by atoms with Crippen molar-refractivity contribution in [3.63, 3.8) is 0 Å². The van der Waals surface area contributed by atoms with Gasteiger partial charge in [0.2, 0.25) is 0 Å². The highest BCUT2D eigenvalue weighted by Gasteiger charge is 2.27. The molecule has 3 nitrogen and oxygen atoms in total. The molecule has 4 heteroatoms. The van der Waals surface area contributed by atoms with Crippen molar-refractivity contribution in [1.29, 1.82) is 0 Å². The number of nitrogens with zero attached hydrogens (tertiary/aromatic N) is 3. The highest BCUT2D eigenvalue weighted by atomic mass is 32.1. The third kappa shape index (κ3) is 2.36. The summed E-state index contributed by atoms with van der Waals surface area (Å²) in [6.07, 6.45) is 7.86. The molecule has 0 aromatic carbocycles. The van der Waals surface area contributed by atoms with E-state index in [1.54, 1.807) is 0 Å². The van der Waals surface area contributed by atoms with Crippen LogP contribution in [-0.2, 0) is 0 Å². The van der Waals surface area contributed by atoms with Crippen molar-refractivity contribution in [2.75, 3.05) is 18.0 Å². The molecule has 2 aromatic heterocycles. The monoisotopic (exact) mass is 283 g/mol. The van der Waals surface area contributed by atoms with Crippen LogP contribution in [0.3, 0.4) is 0 Å². The second kappa shape index (κ2) is 5.02. The molecule has 0 N–H and O–H groups in total. The summed E-state index contributed by atoms with van der Waals surface area (Å²) in [6, 6.07) is 6.37. The summed E-state index contributed by atoms with van der Waals surface area (Å²) in [4.78, 5) is 12.9. The Morgan fingerprint density at radius 3 is 2.90 bits per heavy atom. The molecule has 1 saturated carbocycles. The third-order valence-corrected chi connectivity index (χ3v) is 4.92. The quantitative estimate of drug-likeness (QED) is 0.860. The van der Waals surface area contributed by atoms with E-state index in [0.717, 1.165) is 31.2 Å². The Balaban J connectivity index is 1.52. The number of hydrogen-bond acceptors (Lipinski definition) is 4. The SMILES string of the molecule is C1=C(c2cccs2)CCN(c2ccnc(C3CC3)n2)C1. The van der Waals surface area contributed by atoms with Gasteiger partial charge in [-0.3, -0.25) is 0 Å². The van der Waals surface area contributed by atoms with Gasteiger partial charge in [-0.15, -0.1) is 11.3 Å². The molecule has 3 heterocycles. The van der Waals surface area contributed by atoms with E-state index in [9.17, 15) is 0 Å². The number of rotatable bonds is 3. The number of thiophene rings is 1. The molecule has 0 bridgehead atoms. The van der Waals surface area contributed by atoms with E-state index < -0.39 is 0 Å². The first-order chi connectivity index (χ1) is 9.90. The second-order valence-corrected chi connectivity index (χ2v) is 6.40. The number of hydrogen-bond donors (Lipinski definition) is 0. The minimum absolute atomic E-state index is 0.622. The molecule has 0 radical (unpaired) electrons. The molecule has 0 amide bonds. The molecule has 2 aliphatic rings. The van der Waals surface area contributed by atoms with Gasteiger partial charge in [0.05, 0.1) is 0 Å². The highest BCUT2D eigenvalue weighted by Crippen LogP contribution is 2.38. The van der Waals surface area contributed by atoms with E-state index in [1.165, 1.54) is 23.3 Å². The fraction of sp³-hybridized carbons (Fsp3) is 0.375. The van der Waals surface area contributed by atoms with E-state index in [2.05, 4.69) is 33.5 Å². The first-order valence-corrected chi connectivity index (χ1v) is 8.09. The smallest absolute Gasteiger partial charge is 0.133 e. The van der Waals surface area contributed by atoms with Gasteiger partial charge in [0.15, 0.2) is 0 Å². The van der Waals surface area contributed by atoms with E-state index in [1.807, 2.05) is 23.6 Å². The van der Waals surface area contributed by atoms with Crippen LogP contribution in [0.15, 0.2) is 35.9 Å². The summed E-state index contributed by atoms with van der Waals surface area (Å²) >= 11 is 1.83. The van der Waals surface area contributed by atoms with E-state index in [-0.39, 0.29) is 0 Å². The topological polar surface area (TPSA) is 29.0 Å². The fourth-order valence-electron chi connectivity index (χ4n) is 2.64. The molecule has 4 rings (SSSR count). The minimum atomic E-state index is 0.622. The molecule has 1 aliphatic heterocycles. The normalized spacial score (nSPS) is 19.0. The Hall–Kier alpha value is -1.68. The molecule has 1 fully saturated rings. The van der Waals surface area contributed by atoms with Gasteiger partial charge in [-0.25, -0.2) is 9.97 Å². The number of anilines is 1. The number of aromatic nitrogens is 2. The van der Waals surface area contributed by atoms with E-state index in [0.29, 0.717) is 5.92 Å². The van der Waals surface area contributed by atoms with Gasteiger partial charge < -0.3 is 4.90 Å². The predicted molar refractivity (Wildman–Crippen MR) is 83.1 cm³/mol. The van der Waals surface area contributed by atoms with Crippen LogP contribution in [0, 0.1) is 0 Å². The summed E-state index contributed by atoms with van der Waals surface area (Å²) < 4.78 is 0. The molecular weight excluding hydrogens is 266 g/mol. The standard InChI is InChI=1S/C16H17N3S/c1-2-14(20-11-1)12-6-9-19(10-7-12)15-5-8-17-16(18-15)13-3-4-13/h1-2,5-6,8,11,13H,3-4,7,9-10H2. The van der Waals surface area contributed by atoms with Crippen molar-refractivity contribution in [2.45, 2.75) is 25.2 Å². The summed E-state index contributed by atoms with van der Waals surface area (Å²) in [6.45, 7) is 2.00. The lowest BCUT2D eigenvalue weighted by atomic mass is 10.1. The van der Waals surface area contributed by atoms with Crippen LogP contribution in [0.5, 0.6) is 0 Å². The zero-order valence-electron chi connectivity index (χ0n) is 11.3. The van der Waals surface area contributed by atoms with Gasteiger partial charge in [0.25, 0.3) is 0 Å². The zero-order chi connectivity index (χ0) is 13.4. The van der Waals surface area contributed by atoms with E-state index >= 15 is 0 Å². The molecule has 20 heavy (non-hydrogen) atoms. The maximum atomic E-state index is 4.73. The van der Waals surface area contributed by atoms with Crippen molar-refractivity contribution in [3.8, 4) is 0 Å². The molecular formula is C16H17N3S. The molecule has 102 valence electrons. The minimum Gasteiger partial charge on any atom is -0.352 e. The van der Waals surface area contributed by atoms with Crippen molar-refractivity contribution in [3.05, 3.63) is 46.6 Å². The molecule has 2 aromatic rings. The zero-order valence-corrected chi connectivity index (χ0v) is 12.1. The van der Waals surface area contributed by atoms with Gasteiger partial charge in [-0.1, -0.05) is 12.1 Å². The van der Waals surface area contributed by atoms with Crippen LogP contribution in [0.25, 0.3) is 5.57 Å². The Labute approximate surface area is 123 Å². The van der Waals surface area contributed by atoms with Gasteiger partial charge >= 0.3 is 0 Å². The van der Waals surface area contributed by atoms with Gasteiger partial charge in [-0.2, -0.15) is 0 Å². The summed E-state index contributed by atoms with van der Waals surface area (Å²) in [7, 11) is 0. The lowest BCUT2D eigenvalue weighted by Crippen LogP contribution is -2.29. The van der Waals surface area contributed by atoms with E-state index in [4.69, 9.17) is 4.98 Å². The second-order valence-electron chi connectivity index (χ2n) is 5.45. The lowest BCUT2D eigenvalue weighted by Gasteiger charge is -2.27. The summed E-state index contributed by atoms with van der Waals surface area (Å²) in [5, 5.41) is 2.15. The molecule has 0 atom stereocenters. The first-order valence-electron chi connectivity index (χ1n) is 7.21. The Kier molecular flexibility index (Phi) is 3.03. The van der Waals surface area contributed by atoms with Gasteiger partial charge in [0, 0.05) is 30.1 Å². The van der Waals surface area contributed by atoms with Crippen LogP contribution in [-0.4, -0.2) is 23.1 Å². The van der Waals surface area contributed by atoms with Crippen molar-refractivity contribution in [2.24, 2.45) is 0 Å². The maximum Gasteiger partial charge on any atom is 0.133 e. The molecule has 0 unspecified atom stereocenters. The van der Waals surface area contributed by atoms with Gasteiger partial charge in [0.1, 0.15) is 11.6 Å². The fourth-order valence-corrected chi connectivity index (χ4v) is 3.44. The predicted octanol–water partition coefficient (Wildman–Crippen LogP) is 3.71. The molecule has 1 aliphatic carbocycles. The first kappa shape index (κ1) is 12.1. The van der Waals surface area contributed by atoms with Crippen molar-refractivity contribution >= 4 is 22.7 Å². The van der Waals surface area contributed by atoms with Crippen molar-refractivity contribution < 1.29 is 0 Å². The lowest BCUT2D eigenvalue weighted by molar-refractivity contribution is 0.799. The maximum absolute atomic E-state index is 4.73. The van der Waals surface area contributed by atoms with Crippen LogP contribution >= 0.6 is 11.3 Å². The largest absolute Gasteiger partial charge is 0.352 e. The molecule has 0 saturated heterocycles. The van der Waals surface area contributed by atoms with Crippen LogP contribution in [0.2, 0.25) is 0 Å². The summed E-state index contributed by atoms with van der Waals surface area (Å²) in [5.41, 5.74) is 1.48. The highest BCUT2D eigenvalue weighted by molar-refractivity contribution is 7.11. The Morgan fingerprint density at radius 2 is 2.20 bits per heavy atom. The van der Waals surface area contributed by atoms with Gasteiger partial charge in [-0.05, 0) is 42.3 Å². The van der Waals surface area contributed by atoms with Crippen LogP contribution in [0.1, 0.15) is 35.9 Å². The molecule has 0 spiro atoms. The van der Waals surface area contributed by atoms with Crippen molar-refractivity contribution in [1.82, 2.24) is 9.97 Å². The van der Waals surface area contributed by atoms with Crippen LogP contribution < -0.4 is 4.90 Å². The van der Waals surface area contributed by atoms with Crippen LogP contribution in [0.4, 0.5) is 5.82 Å². The average molecular weight is 283 g/mol. The Morgan fingerprint density at radius 1 is 1.25 bits per heavy atom. The average Bonchev–Trinajstić information content (AvgIpc) is 3.23. The third-order valence-electron chi connectivity index (χ3n) is 3.97.